The van der Waals surface area contributed by atoms with Crippen molar-refractivity contribution < 1.29 is 4.74 Å². The third-order valence-corrected chi connectivity index (χ3v) is 2.99. The predicted octanol–water partition coefficient (Wildman–Crippen LogP) is 2.87. The zero-order valence-corrected chi connectivity index (χ0v) is 14.7. The first-order valence-electron chi connectivity index (χ1n) is 6.59. The molecule has 0 bridgehead atoms. The Labute approximate surface area is 135 Å². The van der Waals surface area contributed by atoms with Gasteiger partial charge in [-0.05, 0) is 33.2 Å². The van der Waals surface area contributed by atoms with E-state index in [1.165, 1.54) is 0 Å². The molecule has 1 atom stereocenters. The number of aliphatic imine (C=N–C) groups is 1. The molecule has 0 radical (unpaired) electrons. The van der Waals surface area contributed by atoms with Gasteiger partial charge in [0.1, 0.15) is 23.5 Å². The Morgan fingerprint density at radius 3 is 2.57 bits per heavy atom. The summed E-state index contributed by atoms with van der Waals surface area (Å²) < 4.78 is 6.73. The molecule has 114 valence electrons. The van der Waals surface area contributed by atoms with E-state index >= 15 is 0 Å². The highest BCUT2D eigenvalue weighted by Gasteiger charge is 2.14. The standard InChI is InChI=1S/C15H21BrN4O/c1-11(9-19(2)3)21-15-7-12(16)6-14(13(15)8-17)18-10-20(4)5/h6-7,10-11H,9H2,1-5H3/b18-10+/t11-/m1/s1. The Hall–Kier alpha value is -1.58. The molecule has 0 amide bonds. The molecule has 0 aliphatic heterocycles. The Bertz CT molecular complexity index is 549. The molecule has 0 aromatic heterocycles. The van der Waals surface area contributed by atoms with Gasteiger partial charge in [-0.25, -0.2) is 4.99 Å². The summed E-state index contributed by atoms with van der Waals surface area (Å²) in [7, 11) is 7.73. The molecule has 0 fully saturated rings. The second-order valence-electron chi connectivity index (χ2n) is 5.31. The number of hydrogen-bond donors (Lipinski definition) is 0. The van der Waals surface area contributed by atoms with E-state index in [1.807, 2.05) is 51.0 Å². The maximum absolute atomic E-state index is 9.41. The minimum atomic E-state index is -0.0212. The maximum Gasteiger partial charge on any atom is 0.140 e. The van der Waals surface area contributed by atoms with Gasteiger partial charge < -0.3 is 14.5 Å². The average molecular weight is 353 g/mol. The van der Waals surface area contributed by atoms with E-state index in [9.17, 15) is 5.26 Å². The van der Waals surface area contributed by atoms with Crippen LogP contribution < -0.4 is 4.74 Å². The summed E-state index contributed by atoms with van der Waals surface area (Å²) in [6, 6.07) is 5.79. The van der Waals surface area contributed by atoms with Crippen LogP contribution in [0, 0.1) is 11.3 Å². The summed E-state index contributed by atoms with van der Waals surface area (Å²) >= 11 is 3.44. The average Bonchev–Trinajstić information content (AvgIpc) is 2.34. The van der Waals surface area contributed by atoms with Gasteiger partial charge in [-0.1, -0.05) is 15.9 Å². The first-order chi connectivity index (χ1) is 9.83. The molecule has 0 spiro atoms. The minimum Gasteiger partial charge on any atom is -0.488 e. The number of benzene rings is 1. The van der Waals surface area contributed by atoms with Crippen molar-refractivity contribution in [1.29, 1.82) is 5.26 Å². The molecule has 1 aromatic carbocycles. The van der Waals surface area contributed by atoms with Crippen molar-refractivity contribution >= 4 is 28.0 Å². The summed E-state index contributed by atoms with van der Waals surface area (Å²) in [6.07, 6.45) is 1.64. The maximum atomic E-state index is 9.41. The van der Waals surface area contributed by atoms with Crippen molar-refractivity contribution in [3.8, 4) is 11.8 Å². The van der Waals surface area contributed by atoms with E-state index in [2.05, 4.69) is 27.0 Å². The number of halogens is 1. The fraction of sp³-hybridized carbons (Fsp3) is 0.467. The van der Waals surface area contributed by atoms with E-state index in [1.54, 1.807) is 12.4 Å². The Morgan fingerprint density at radius 2 is 2.05 bits per heavy atom. The molecule has 6 heteroatoms. The van der Waals surface area contributed by atoms with Gasteiger partial charge in [0.05, 0.1) is 12.0 Å². The molecule has 0 unspecified atom stereocenters. The van der Waals surface area contributed by atoms with Crippen LogP contribution in [-0.2, 0) is 0 Å². The third kappa shape index (κ3) is 5.74. The molecule has 0 heterocycles. The molecule has 5 nitrogen and oxygen atoms in total. The van der Waals surface area contributed by atoms with Crippen LogP contribution in [0.4, 0.5) is 5.69 Å². The van der Waals surface area contributed by atoms with Gasteiger partial charge in [-0.15, -0.1) is 0 Å². The lowest BCUT2D eigenvalue weighted by atomic mass is 10.1. The van der Waals surface area contributed by atoms with Crippen molar-refractivity contribution in [3.05, 3.63) is 22.2 Å². The normalized spacial score (nSPS) is 12.5. The fourth-order valence-corrected chi connectivity index (χ4v) is 2.25. The topological polar surface area (TPSA) is 51.9 Å². The van der Waals surface area contributed by atoms with Crippen LogP contribution >= 0.6 is 15.9 Å². The lowest BCUT2D eigenvalue weighted by molar-refractivity contribution is 0.176. The van der Waals surface area contributed by atoms with Crippen LogP contribution in [0.2, 0.25) is 0 Å². The Kier molecular flexibility index (Phi) is 6.66. The molecular weight excluding hydrogens is 332 g/mol. The van der Waals surface area contributed by atoms with Gasteiger partial charge in [0.15, 0.2) is 0 Å². The highest BCUT2D eigenvalue weighted by Crippen LogP contribution is 2.33. The number of likely N-dealkylation sites (N-methyl/N-ethyl adjacent to an activating group) is 1. The van der Waals surface area contributed by atoms with E-state index in [4.69, 9.17) is 4.74 Å². The van der Waals surface area contributed by atoms with Gasteiger partial charge in [0.25, 0.3) is 0 Å². The van der Waals surface area contributed by atoms with Crippen LogP contribution in [0.1, 0.15) is 12.5 Å². The van der Waals surface area contributed by atoms with Crippen molar-refractivity contribution in [3.63, 3.8) is 0 Å². The first-order valence-corrected chi connectivity index (χ1v) is 7.38. The molecule has 0 aliphatic rings. The zero-order chi connectivity index (χ0) is 16.0. The molecule has 0 aliphatic carbocycles. The molecule has 1 rings (SSSR count). The molecule has 0 N–H and O–H groups in total. The van der Waals surface area contributed by atoms with Crippen molar-refractivity contribution in [1.82, 2.24) is 9.80 Å². The van der Waals surface area contributed by atoms with Crippen molar-refractivity contribution in [2.24, 2.45) is 4.99 Å². The highest BCUT2D eigenvalue weighted by atomic mass is 79.9. The zero-order valence-electron chi connectivity index (χ0n) is 13.1. The van der Waals surface area contributed by atoms with E-state index in [0.717, 1.165) is 11.0 Å². The molecule has 1 aromatic rings. The van der Waals surface area contributed by atoms with Crippen LogP contribution in [0.25, 0.3) is 0 Å². The number of nitriles is 1. The Balaban J connectivity index is 3.12. The third-order valence-electron chi connectivity index (χ3n) is 2.54. The smallest absolute Gasteiger partial charge is 0.140 e. The van der Waals surface area contributed by atoms with Gasteiger partial charge in [0.2, 0.25) is 0 Å². The number of ether oxygens (including phenoxy) is 1. The van der Waals surface area contributed by atoms with Gasteiger partial charge in [-0.2, -0.15) is 5.26 Å². The van der Waals surface area contributed by atoms with Gasteiger partial charge in [-0.3, -0.25) is 0 Å². The number of rotatable bonds is 6. The van der Waals surface area contributed by atoms with Crippen LogP contribution in [0.15, 0.2) is 21.6 Å². The summed E-state index contributed by atoms with van der Waals surface area (Å²) in [6.45, 7) is 2.75. The lowest BCUT2D eigenvalue weighted by Crippen LogP contribution is -2.28. The summed E-state index contributed by atoms with van der Waals surface area (Å²) in [5.74, 6) is 0.548. The largest absolute Gasteiger partial charge is 0.488 e. The van der Waals surface area contributed by atoms with E-state index < -0.39 is 0 Å². The van der Waals surface area contributed by atoms with Crippen molar-refractivity contribution in [2.75, 3.05) is 34.7 Å². The molecular formula is C15H21BrN4O. The molecule has 0 saturated heterocycles. The highest BCUT2D eigenvalue weighted by molar-refractivity contribution is 9.10. The van der Waals surface area contributed by atoms with E-state index in [0.29, 0.717) is 17.0 Å². The molecule has 21 heavy (non-hydrogen) atoms. The van der Waals surface area contributed by atoms with Crippen LogP contribution in [0.5, 0.6) is 5.75 Å². The van der Waals surface area contributed by atoms with Gasteiger partial charge >= 0.3 is 0 Å². The second kappa shape index (κ2) is 8.01. The van der Waals surface area contributed by atoms with E-state index in [-0.39, 0.29) is 6.10 Å². The predicted molar refractivity (Wildman–Crippen MR) is 89.3 cm³/mol. The second-order valence-corrected chi connectivity index (χ2v) is 6.22. The van der Waals surface area contributed by atoms with Crippen molar-refractivity contribution in [2.45, 2.75) is 13.0 Å². The fourth-order valence-electron chi connectivity index (χ4n) is 1.82. The summed E-state index contributed by atoms with van der Waals surface area (Å²) in [5, 5.41) is 9.41. The first kappa shape index (κ1) is 17.5. The number of hydrogen-bond acceptors (Lipinski definition) is 4. The minimum absolute atomic E-state index is 0.0212. The summed E-state index contributed by atoms with van der Waals surface area (Å²) in [4.78, 5) is 8.18. The lowest BCUT2D eigenvalue weighted by Gasteiger charge is -2.20. The van der Waals surface area contributed by atoms with Crippen LogP contribution in [0.3, 0.4) is 0 Å². The quantitative estimate of drug-likeness (QED) is 0.583. The SMILES string of the molecule is C[C@H](CN(C)C)Oc1cc(Br)cc(/N=C/N(C)C)c1C#N. The number of nitrogens with zero attached hydrogens (tertiary/aromatic N) is 4. The monoisotopic (exact) mass is 352 g/mol. The molecule has 0 saturated carbocycles. The van der Waals surface area contributed by atoms with Crippen LogP contribution in [-0.4, -0.2) is 57.0 Å². The van der Waals surface area contributed by atoms with Gasteiger partial charge in [0, 0.05) is 25.1 Å². The Morgan fingerprint density at radius 1 is 1.38 bits per heavy atom. The summed E-state index contributed by atoms with van der Waals surface area (Å²) in [5.41, 5.74) is 1.04.